The van der Waals surface area contributed by atoms with Gasteiger partial charge in [0, 0.05) is 17.8 Å². The summed E-state index contributed by atoms with van der Waals surface area (Å²) in [5.74, 6) is -0.884. The number of hydrogen-bond donors (Lipinski definition) is 1. The number of rotatable bonds is 4. The van der Waals surface area contributed by atoms with Gasteiger partial charge in [-0.2, -0.15) is 5.10 Å². The summed E-state index contributed by atoms with van der Waals surface area (Å²) >= 11 is 0. The van der Waals surface area contributed by atoms with Crippen LogP contribution in [0.1, 0.15) is 46.2 Å². The average molecular weight is 286 g/mol. The molecule has 0 bridgehead atoms. The second-order valence-corrected chi connectivity index (χ2v) is 5.56. The first-order valence-corrected chi connectivity index (χ1v) is 7.25. The number of aryl methyl sites for hydroxylation is 4. The molecule has 4 nitrogen and oxygen atoms in total. The number of aromatic carboxylic acids is 1. The molecule has 0 radical (unpaired) electrons. The second-order valence-electron chi connectivity index (χ2n) is 5.56. The van der Waals surface area contributed by atoms with E-state index in [1.54, 1.807) is 6.07 Å². The average Bonchev–Trinajstić information content (AvgIpc) is 2.66. The molecule has 0 aliphatic carbocycles. The van der Waals surface area contributed by atoms with Crippen molar-refractivity contribution in [3.63, 3.8) is 0 Å². The monoisotopic (exact) mass is 286 g/mol. The Morgan fingerprint density at radius 2 is 1.86 bits per heavy atom. The Kier molecular flexibility index (Phi) is 4.16. The highest BCUT2D eigenvalue weighted by atomic mass is 16.4. The van der Waals surface area contributed by atoms with Gasteiger partial charge in [0.1, 0.15) is 0 Å². The third kappa shape index (κ3) is 2.71. The van der Waals surface area contributed by atoms with Gasteiger partial charge < -0.3 is 5.11 Å². The summed E-state index contributed by atoms with van der Waals surface area (Å²) < 4.78 is 2.00. The van der Waals surface area contributed by atoms with Crippen molar-refractivity contribution in [1.29, 1.82) is 0 Å². The molecule has 0 aliphatic rings. The summed E-state index contributed by atoms with van der Waals surface area (Å²) in [5.41, 5.74) is 6.30. The molecule has 1 aromatic heterocycles. The van der Waals surface area contributed by atoms with E-state index in [2.05, 4.69) is 12.0 Å². The highest BCUT2D eigenvalue weighted by Crippen LogP contribution is 2.32. The van der Waals surface area contributed by atoms with Crippen molar-refractivity contribution in [1.82, 2.24) is 9.78 Å². The Morgan fingerprint density at radius 3 is 2.43 bits per heavy atom. The molecule has 0 unspecified atom stereocenters. The lowest BCUT2D eigenvalue weighted by Crippen LogP contribution is -2.03. The minimum Gasteiger partial charge on any atom is -0.478 e. The molecule has 0 atom stereocenters. The standard InChI is InChI=1S/C17H22N2O2/c1-6-7-19-13(5)16(12(4)18-19)14-9-15(17(20)21)11(3)8-10(14)2/h8-9H,6-7H2,1-5H3,(H,20,21). The fourth-order valence-corrected chi connectivity index (χ4v) is 2.87. The van der Waals surface area contributed by atoms with Crippen molar-refractivity contribution in [3.05, 3.63) is 40.2 Å². The number of benzene rings is 1. The first-order valence-electron chi connectivity index (χ1n) is 7.25. The number of nitrogens with zero attached hydrogens (tertiary/aromatic N) is 2. The maximum atomic E-state index is 11.4. The third-order valence-electron chi connectivity index (χ3n) is 3.89. The van der Waals surface area contributed by atoms with E-state index in [-0.39, 0.29) is 0 Å². The quantitative estimate of drug-likeness (QED) is 0.927. The normalized spacial score (nSPS) is 10.9. The van der Waals surface area contributed by atoms with E-state index in [9.17, 15) is 9.90 Å². The Labute approximate surface area is 125 Å². The van der Waals surface area contributed by atoms with E-state index in [1.807, 2.05) is 38.4 Å². The molecule has 112 valence electrons. The Bertz CT molecular complexity index is 699. The summed E-state index contributed by atoms with van der Waals surface area (Å²) in [4.78, 5) is 11.4. The minimum atomic E-state index is -0.884. The number of carboxylic acid groups (broad SMARTS) is 1. The van der Waals surface area contributed by atoms with Gasteiger partial charge in [0.2, 0.25) is 0 Å². The zero-order valence-electron chi connectivity index (χ0n) is 13.3. The van der Waals surface area contributed by atoms with Gasteiger partial charge in [-0.15, -0.1) is 0 Å². The Hall–Kier alpha value is -2.10. The molecule has 1 aromatic carbocycles. The smallest absolute Gasteiger partial charge is 0.335 e. The summed E-state index contributed by atoms with van der Waals surface area (Å²) in [6.45, 7) is 10.9. The maximum Gasteiger partial charge on any atom is 0.335 e. The Morgan fingerprint density at radius 1 is 1.19 bits per heavy atom. The van der Waals surface area contributed by atoms with E-state index in [1.165, 1.54) is 0 Å². The van der Waals surface area contributed by atoms with Crippen molar-refractivity contribution in [2.45, 2.75) is 47.6 Å². The fourth-order valence-electron chi connectivity index (χ4n) is 2.87. The lowest BCUT2D eigenvalue weighted by atomic mass is 9.94. The van der Waals surface area contributed by atoms with E-state index < -0.39 is 5.97 Å². The van der Waals surface area contributed by atoms with Crippen LogP contribution in [0.2, 0.25) is 0 Å². The van der Waals surface area contributed by atoms with Crippen LogP contribution in [0.15, 0.2) is 12.1 Å². The molecular formula is C17H22N2O2. The van der Waals surface area contributed by atoms with Crippen LogP contribution in [0.25, 0.3) is 11.1 Å². The van der Waals surface area contributed by atoms with Gasteiger partial charge in [-0.1, -0.05) is 13.0 Å². The minimum absolute atomic E-state index is 0.359. The van der Waals surface area contributed by atoms with Crippen LogP contribution in [-0.2, 0) is 6.54 Å². The van der Waals surface area contributed by atoms with Gasteiger partial charge in [0.25, 0.3) is 0 Å². The van der Waals surface area contributed by atoms with Crippen LogP contribution in [0.5, 0.6) is 0 Å². The molecule has 4 heteroatoms. The number of carboxylic acids is 1. The second kappa shape index (κ2) is 5.72. The molecule has 0 spiro atoms. The Balaban J connectivity index is 2.67. The molecule has 0 aliphatic heterocycles. The third-order valence-corrected chi connectivity index (χ3v) is 3.89. The highest BCUT2D eigenvalue weighted by Gasteiger charge is 2.18. The van der Waals surface area contributed by atoms with Crippen molar-refractivity contribution >= 4 is 5.97 Å². The van der Waals surface area contributed by atoms with Crippen molar-refractivity contribution in [2.75, 3.05) is 0 Å². The van der Waals surface area contributed by atoms with Gasteiger partial charge in [0.05, 0.1) is 11.3 Å². The predicted molar refractivity (Wildman–Crippen MR) is 83.9 cm³/mol. The van der Waals surface area contributed by atoms with Crippen molar-refractivity contribution < 1.29 is 9.90 Å². The molecule has 0 amide bonds. The number of carbonyl (C=O) groups is 1. The largest absolute Gasteiger partial charge is 0.478 e. The van der Waals surface area contributed by atoms with Crippen LogP contribution in [0, 0.1) is 27.7 Å². The van der Waals surface area contributed by atoms with Crippen LogP contribution in [0.3, 0.4) is 0 Å². The maximum absolute atomic E-state index is 11.4. The number of hydrogen-bond acceptors (Lipinski definition) is 2. The van der Waals surface area contributed by atoms with Crippen molar-refractivity contribution in [3.8, 4) is 11.1 Å². The van der Waals surface area contributed by atoms with Gasteiger partial charge >= 0.3 is 5.97 Å². The zero-order valence-corrected chi connectivity index (χ0v) is 13.3. The molecular weight excluding hydrogens is 264 g/mol. The lowest BCUT2D eigenvalue weighted by Gasteiger charge is -2.11. The molecule has 0 saturated heterocycles. The van der Waals surface area contributed by atoms with Crippen LogP contribution in [-0.4, -0.2) is 20.9 Å². The summed E-state index contributed by atoms with van der Waals surface area (Å²) in [7, 11) is 0. The van der Waals surface area contributed by atoms with E-state index >= 15 is 0 Å². The number of aromatic nitrogens is 2. The predicted octanol–water partition coefficient (Wildman–Crippen LogP) is 3.89. The molecule has 2 aromatic rings. The molecule has 1 N–H and O–H groups in total. The van der Waals surface area contributed by atoms with E-state index in [4.69, 9.17) is 0 Å². The van der Waals surface area contributed by atoms with Crippen LogP contribution >= 0.6 is 0 Å². The first-order chi connectivity index (χ1) is 9.86. The fraction of sp³-hybridized carbons (Fsp3) is 0.412. The molecule has 21 heavy (non-hydrogen) atoms. The van der Waals surface area contributed by atoms with Gasteiger partial charge in [-0.05, 0) is 56.9 Å². The summed E-state index contributed by atoms with van der Waals surface area (Å²) in [6.07, 6.45) is 1.02. The summed E-state index contributed by atoms with van der Waals surface area (Å²) in [6, 6.07) is 3.72. The molecule has 0 fully saturated rings. The van der Waals surface area contributed by atoms with E-state index in [0.717, 1.165) is 46.6 Å². The van der Waals surface area contributed by atoms with Gasteiger partial charge in [-0.25, -0.2) is 4.79 Å². The zero-order chi connectivity index (χ0) is 15.7. The van der Waals surface area contributed by atoms with Gasteiger partial charge in [0.15, 0.2) is 0 Å². The van der Waals surface area contributed by atoms with Gasteiger partial charge in [-0.3, -0.25) is 4.68 Å². The molecule has 2 rings (SSSR count). The summed E-state index contributed by atoms with van der Waals surface area (Å²) in [5, 5.41) is 13.9. The SMILES string of the molecule is CCCn1nc(C)c(-c2cc(C(=O)O)c(C)cc2C)c1C. The first kappa shape index (κ1) is 15.3. The lowest BCUT2D eigenvalue weighted by molar-refractivity contribution is 0.0696. The van der Waals surface area contributed by atoms with Crippen molar-refractivity contribution in [2.24, 2.45) is 0 Å². The topological polar surface area (TPSA) is 55.1 Å². The van der Waals surface area contributed by atoms with Crippen LogP contribution < -0.4 is 0 Å². The molecule has 0 saturated carbocycles. The molecule has 1 heterocycles. The highest BCUT2D eigenvalue weighted by molar-refractivity contribution is 5.92. The van der Waals surface area contributed by atoms with E-state index in [0.29, 0.717) is 5.56 Å². The van der Waals surface area contributed by atoms with Crippen LogP contribution in [0.4, 0.5) is 0 Å².